The average Bonchev–Trinajstić information content (AvgIpc) is 2.33. The fourth-order valence-corrected chi connectivity index (χ4v) is 2.06. The molecule has 0 unspecified atom stereocenters. The number of benzene rings is 2. The van der Waals surface area contributed by atoms with E-state index < -0.39 is 17.7 Å². The first kappa shape index (κ1) is 14.3. The van der Waals surface area contributed by atoms with Gasteiger partial charge in [-0.1, -0.05) is 6.07 Å². The van der Waals surface area contributed by atoms with E-state index in [9.17, 15) is 13.6 Å². The van der Waals surface area contributed by atoms with Crippen molar-refractivity contribution in [1.82, 2.24) is 0 Å². The van der Waals surface area contributed by atoms with Crippen LogP contribution in [0, 0.1) is 11.6 Å². The van der Waals surface area contributed by atoms with Gasteiger partial charge in [0.15, 0.2) is 5.82 Å². The molecule has 0 aliphatic heterocycles. The molecule has 2 rings (SSSR count). The van der Waals surface area contributed by atoms with Gasteiger partial charge in [-0.2, -0.15) is 0 Å². The molecule has 0 saturated carbocycles. The summed E-state index contributed by atoms with van der Waals surface area (Å²) in [6.07, 6.45) is 0. The second kappa shape index (κ2) is 5.87. The lowest BCUT2D eigenvalue weighted by molar-refractivity contribution is 0.262. The number of rotatable bonds is 2. The van der Waals surface area contributed by atoms with Crippen molar-refractivity contribution in [2.24, 2.45) is 0 Å². The van der Waals surface area contributed by atoms with Crippen LogP contribution in [-0.4, -0.2) is 6.03 Å². The maximum atomic E-state index is 13.5. The summed E-state index contributed by atoms with van der Waals surface area (Å²) in [4.78, 5) is 11.7. The maximum absolute atomic E-state index is 13.5. The lowest BCUT2D eigenvalue weighted by Crippen LogP contribution is -2.20. The molecule has 0 aliphatic carbocycles. The fourth-order valence-electron chi connectivity index (χ4n) is 1.55. The Bertz CT molecular complexity index is 641. The highest BCUT2D eigenvalue weighted by molar-refractivity contribution is 9.10. The normalized spacial score (nSPS) is 10.2. The molecule has 0 fully saturated rings. The Balaban J connectivity index is 2.13. The van der Waals surface area contributed by atoms with Gasteiger partial charge in [-0.3, -0.25) is 0 Å². The molecule has 0 aromatic heterocycles. The van der Waals surface area contributed by atoms with Crippen molar-refractivity contribution in [3.8, 4) is 0 Å². The van der Waals surface area contributed by atoms with Crippen molar-refractivity contribution < 1.29 is 13.6 Å². The smallest absolute Gasteiger partial charge is 0.323 e. The van der Waals surface area contributed by atoms with E-state index in [0.29, 0.717) is 17.4 Å². The summed E-state index contributed by atoms with van der Waals surface area (Å²) in [6.45, 7) is 0. The van der Waals surface area contributed by atoms with Crippen LogP contribution in [0.1, 0.15) is 0 Å². The molecule has 0 heterocycles. The number of amides is 2. The van der Waals surface area contributed by atoms with Crippen LogP contribution >= 0.6 is 15.9 Å². The van der Waals surface area contributed by atoms with E-state index in [-0.39, 0.29) is 10.2 Å². The summed E-state index contributed by atoms with van der Waals surface area (Å²) < 4.78 is 26.6. The van der Waals surface area contributed by atoms with Crippen molar-refractivity contribution in [1.29, 1.82) is 0 Å². The number of anilines is 3. The van der Waals surface area contributed by atoms with Crippen LogP contribution in [0.25, 0.3) is 0 Å². The predicted molar refractivity (Wildman–Crippen MR) is 77.6 cm³/mol. The minimum absolute atomic E-state index is 0.109. The molecule has 7 heteroatoms. The van der Waals surface area contributed by atoms with E-state index in [4.69, 9.17) is 5.73 Å². The largest absolute Gasteiger partial charge is 0.399 e. The highest BCUT2D eigenvalue weighted by Gasteiger charge is 2.12. The molecule has 20 heavy (non-hydrogen) atoms. The second-order valence-corrected chi connectivity index (χ2v) is 4.80. The zero-order chi connectivity index (χ0) is 14.7. The van der Waals surface area contributed by atoms with Gasteiger partial charge in [0, 0.05) is 21.9 Å². The zero-order valence-electron chi connectivity index (χ0n) is 10.1. The molecule has 4 N–H and O–H groups in total. The number of carbonyl (C=O) groups excluding carboxylic acids is 1. The molecule has 0 saturated heterocycles. The van der Waals surface area contributed by atoms with Crippen molar-refractivity contribution in [2.75, 3.05) is 16.4 Å². The number of halogens is 3. The topological polar surface area (TPSA) is 67.1 Å². The van der Waals surface area contributed by atoms with E-state index >= 15 is 0 Å². The third kappa shape index (κ3) is 3.45. The summed E-state index contributed by atoms with van der Waals surface area (Å²) in [7, 11) is 0. The SMILES string of the molecule is Nc1cccc(NC(=O)Nc2c(F)cc(F)cc2Br)c1. The van der Waals surface area contributed by atoms with Crippen LogP contribution in [-0.2, 0) is 0 Å². The lowest BCUT2D eigenvalue weighted by atomic mass is 10.3. The summed E-state index contributed by atoms with van der Waals surface area (Å²) in [5.41, 5.74) is 6.37. The quantitative estimate of drug-likeness (QED) is 0.724. The number of nitrogens with two attached hydrogens (primary N) is 1. The number of urea groups is 1. The van der Waals surface area contributed by atoms with Gasteiger partial charge in [-0.15, -0.1) is 0 Å². The number of nitrogens with one attached hydrogen (secondary N) is 2. The van der Waals surface area contributed by atoms with Gasteiger partial charge in [0.05, 0.1) is 5.69 Å². The van der Waals surface area contributed by atoms with Crippen molar-refractivity contribution in [3.63, 3.8) is 0 Å². The molecule has 0 aliphatic rings. The van der Waals surface area contributed by atoms with Gasteiger partial charge in [0.2, 0.25) is 0 Å². The third-order valence-corrected chi connectivity index (χ3v) is 3.02. The van der Waals surface area contributed by atoms with Crippen molar-refractivity contribution >= 4 is 39.0 Å². The molecule has 2 aromatic carbocycles. The van der Waals surface area contributed by atoms with Gasteiger partial charge in [0.1, 0.15) is 5.82 Å². The van der Waals surface area contributed by atoms with Gasteiger partial charge in [-0.25, -0.2) is 13.6 Å². The number of hydrogen-bond donors (Lipinski definition) is 3. The van der Waals surface area contributed by atoms with Crippen LogP contribution in [0.5, 0.6) is 0 Å². The number of nitrogen functional groups attached to an aromatic ring is 1. The first-order valence-electron chi connectivity index (χ1n) is 5.54. The van der Waals surface area contributed by atoms with Crippen molar-refractivity contribution in [2.45, 2.75) is 0 Å². The Morgan fingerprint density at radius 2 is 1.90 bits per heavy atom. The minimum atomic E-state index is -0.875. The lowest BCUT2D eigenvalue weighted by Gasteiger charge is -2.10. The van der Waals surface area contributed by atoms with Gasteiger partial charge in [-0.05, 0) is 40.2 Å². The monoisotopic (exact) mass is 341 g/mol. The Kier molecular flexibility index (Phi) is 4.19. The predicted octanol–water partition coefficient (Wildman–Crippen LogP) is 3.95. The van der Waals surface area contributed by atoms with Crippen molar-refractivity contribution in [3.05, 3.63) is 52.5 Å². The molecular formula is C13H10BrF2N3O. The van der Waals surface area contributed by atoms with Gasteiger partial charge >= 0.3 is 6.03 Å². The van der Waals surface area contributed by atoms with Crippen LogP contribution in [0.3, 0.4) is 0 Å². The number of hydrogen-bond acceptors (Lipinski definition) is 2. The molecule has 2 aromatic rings. The highest BCUT2D eigenvalue weighted by Crippen LogP contribution is 2.27. The molecule has 104 valence electrons. The highest BCUT2D eigenvalue weighted by atomic mass is 79.9. The molecule has 4 nitrogen and oxygen atoms in total. The summed E-state index contributed by atoms with van der Waals surface area (Å²) in [5, 5.41) is 4.78. The van der Waals surface area contributed by atoms with E-state index in [0.717, 1.165) is 6.07 Å². The first-order chi connectivity index (χ1) is 9.45. The summed E-state index contributed by atoms with van der Waals surface area (Å²) in [5.74, 6) is -1.62. The Morgan fingerprint density at radius 3 is 2.55 bits per heavy atom. The van der Waals surface area contributed by atoms with Gasteiger partial charge in [0.25, 0.3) is 0 Å². The van der Waals surface area contributed by atoms with E-state index in [2.05, 4.69) is 26.6 Å². The van der Waals surface area contributed by atoms with Crippen LogP contribution in [0.4, 0.5) is 30.6 Å². The van der Waals surface area contributed by atoms with E-state index in [1.54, 1.807) is 24.3 Å². The molecule has 0 radical (unpaired) electrons. The third-order valence-electron chi connectivity index (χ3n) is 2.39. The molecule has 0 bridgehead atoms. The summed E-state index contributed by atoms with van der Waals surface area (Å²) >= 11 is 2.98. The second-order valence-electron chi connectivity index (χ2n) is 3.95. The number of carbonyl (C=O) groups is 1. The summed E-state index contributed by atoms with van der Waals surface area (Å²) in [6, 6.07) is 7.59. The molecular weight excluding hydrogens is 332 g/mol. The van der Waals surface area contributed by atoms with Gasteiger partial charge < -0.3 is 16.4 Å². The van der Waals surface area contributed by atoms with Crippen LogP contribution in [0.2, 0.25) is 0 Å². The zero-order valence-corrected chi connectivity index (χ0v) is 11.7. The Morgan fingerprint density at radius 1 is 1.15 bits per heavy atom. The maximum Gasteiger partial charge on any atom is 0.323 e. The fraction of sp³-hybridized carbons (Fsp3) is 0. The van der Waals surface area contributed by atoms with Crippen LogP contribution < -0.4 is 16.4 Å². The van der Waals surface area contributed by atoms with Crippen LogP contribution in [0.15, 0.2) is 40.9 Å². The average molecular weight is 342 g/mol. The molecule has 2 amide bonds. The molecule has 0 spiro atoms. The molecule has 0 atom stereocenters. The first-order valence-corrected chi connectivity index (χ1v) is 6.33. The van der Waals surface area contributed by atoms with E-state index in [1.165, 1.54) is 0 Å². The Labute approximate surface area is 122 Å². The van der Waals surface area contributed by atoms with E-state index in [1.807, 2.05) is 0 Å². The minimum Gasteiger partial charge on any atom is -0.399 e. The standard InChI is InChI=1S/C13H10BrF2N3O/c14-10-4-7(15)5-11(16)12(10)19-13(20)18-9-3-1-2-8(17)6-9/h1-6H,17H2,(H2,18,19,20). The Hall–Kier alpha value is -2.15.